The number of methoxy groups -OCH3 is 1. The number of fused-ring (bicyclic) bond motifs is 1. The van der Waals surface area contributed by atoms with Crippen LogP contribution in [0.25, 0.3) is 10.2 Å². The van der Waals surface area contributed by atoms with E-state index >= 15 is 0 Å². The number of hydrogen-bond acceptors (Lipinski definition) is 7. The highest BCUT2D eigenvalue weighted by Gasteiger charge is 2.26. The van der Waals surface area contributed by atoms with Crippen molar-refractivity contribution in [3.8, 4) is 5.75 Å². The van der Waals surface area contributed by atoms with Gasteiger partial charge in [-0.15, -0.1) is 11.3 Å². The molecule has 1 amide bonds. The van der Waals surface area contributed by atoms with Crippen molar-refractivity contribution < 1.29 is 9.53 Å². The Hall–Kier alpha value is -2.87. The van der Waals surface area contributed by atoms with Crippen LogP contribution in [-0.2, 0) is 0 Å². The summed E-state index contributed by atoms with van der Waals surface area (Å²) in [7, 11) is 1.72. The molecule has 1 saturated heterocycles. The molecule has 0 atom stereocenters. The number of anilines is 2. The highest BCUT2D eigenvalue weighted by atomic mass is 32.1. The maximum atomic E-state index is 13.3. The number of carbonyl (C=O) groups is 1. The van der Waals surface area contributed by atoms with Gasteiger partial charge in [0, 0.05) is 39.3 Å². The Morgan fingerprint density at radius 1 is 1.12 bits per heavy atom. The SMILES string of the molecule is CCCCN(CC)C(=O)c1sc2ncnc(N3CCN(c4ccccc4OC)CC3)c2c1C. The maximum absolute atomic E-state index is 13.3. The molecule has 4 rings (SSSR count). The largest absolute Gasteiger partial charge is 0.495 e. The van der Waals surface area contributed by atoms with Crippen molar-refractivity contribution >= 4 is 39.0 Å². The maximum Gasteiger partial charge on any atom is 0.264 e. The Morgan fingerprint density at radius 3 is 2.55 bits per heavy atom. The third-order valence-corrected chi connectivity index (χ3v) is 7.54. The van der Waals surface area contributed by atoms with Crippen LogP contribution < -0.4 is 14.5 Å². The van der Waals surface area contributed by atoms with E-state index in [0.29, 0.717) is 0 Å². The van der Waals surface area contributed by atoms with Crippen molar-refractivity contribution in [3.05, 3.63) is 41.0 Å². The Kier molecular flexibility index (Phi) is 7.33. The number of ether oxygens (including phenoxy) is 1. The summed E-state index contributed by atoms with van der Waals surface area (Å²) in [6, 6.07) is 8.15. The predicted octanol–water partition coefficient (Wildman–Crippen LogP) is 4.60. The van der Waals surface area contributed by atoms with Gasteiger partial charge in [-0.3, -0.25) is 4.79 Å². The third kappa shape index (κ3) is 4.62. The van der Waals surface area contributed by atoms with E-state index in [1.807, 2.05) is 36.9 Å². The van der Waals surface area contributed by atoms with Gasteiger partial charge in [-0.2, -0.15) is 0 Å². The van der Waals surface area contributed by atoms with E-state index in [4.69, 9.17) is 4.74 Å². The smallest absolute Gasteiger partial charge is 0.264 e. The topological polar surface area (TPSA) is 61.8 Å². The second kappa shape index (κ2) is 10.4. The molecular formula is C25H33N5O2S. The molecule has 0 unspecified atom stereocenters. The van der Waals surface area contributed by atoms with Gasteiger partial charge in [0.05, 0.1) is 23.1 Å². The lowest BCUT2D eigenvalue weighted by molar-refractivity contribution is 0.0766. The van der Waals surface area contributed by atoms with E-state index in [0.717, 1.165) is 90.0 Å². The van der Waals surface area contributed by atoms with E-state index in [1.165, 1.54) is 11.3 Å². The lowest BCUT2D eigenvalue weighted by Crippen LogP contribution is -2.47. The van der Waals surface area contributed by atoms with Crippen molar-refractivity contribution in [2.24, 2.45) is 0 Å². The lowest BCUT2D eigenvalue weighted by atomic mass is 10.1. The van der Waals surface area contributed by atoms with Gasteiger partial charge in [-0.05, 0) is 38.0 Å². The van der Waals surface area contributed by atoms with Crippen LogP contribution in [0.15, 0.2) is 30.6 Å². The predicted molar refractivity (Wildman–Crippen MR) is 136 cm³/mol. The Morgan fingerprint density at radius 2 is 1.85 bits per heavy atom. The monoisotopic (exact) mass is 467 g/mol. The van der Waals surface area contributed by atoms with Crippen LogP contribution in [0.1, 0.15) is 41.9 Å². The van der Waals surface area contributed by atoms with E-state index in [9.17, 15) is 4.79 Å². The van der Waals surface area contributed by atoms with Gasteiger partial charge in [-0.25, -0.2) is 9.97 Å². The van der Waals surface area contributed by atoms with Crippen molar-refractivity contribution in [1.29, 1.82) is 0 Å². The van der Waals surface area contributed by atoms with Crippen LogP contribution in [0, 0.1) is 6.92 Å². The minimum Gasteiger partial charge on any atom is -0.495 e. The molecule has 3 aromatic rings. The minimum atomic E-state index is 0.110. The fourth-order valence-corrected chi connectivity index (χ4v) is 5.55. The zero-order chi connectivity index (χ0) is 23.4. The molecular weight excluding hydrogens is 434 g/mol. The number of para-hydroxylation sites is 2. The average Bonchev–Trinajstić information content (AvgIpc) is 3.21. The number of benzene rings is 1. The second-order valence-corrected chi connectivity index (χ2v) is 9.32. The number of nitrogens with zero attached hydrogens (tertiary/aromatic N) is 5. The number of piperazine rings is 1. The molecule has 0 radical (unpaired) electrons. The van der Waals surface area contributed by atoms with Crippen LogP contribution >= 0.6 is 11.3 Å². The van der Waals surface area contributed by atoms with Crippen LogP contribution in [0.5, 0.6) is 5.75 Å². The van der Waals surface area contributed by atoms with Gasteiger partial charge >= 0.3 is 0 Å². The first kappa shape index (κ1) is 23.3. The van der Waals surface area contributed by atoms with Crippen LogP contribution in [-0.4, -0.2) is 67.2 Å². The summed E-state index contributed by atoms with van der Waals surface area (Å²) in [4.78, 5) is 30.8. The first-order valence-corrected chi connectivity index (χ1v) is 12.6. The van der Waals surface area contributed by atoms with Gasteiger partial charge < -0.3 is 19.4 Å². The first-order valence-electron chi connectivity index (χ1n) is 11.7. The van der Waals surface area contributed by atoms with E-state index in [2.05, 4.69) is 32.8 Å². The van der Waals surface area contributed by atoms with E-state index in [1.54, 1.807) is 13.4 Å². The van der Waals surface area contributed by atoms with Crippen molar-refractivity contribution in [2.75, 3.05) is 56.2 Å². The average molecular weight is 468 g/mol. The number of amides is 1. The molecule has 176 valence electrons. The number of thiophene rings is 1. The quantitative estimate of drug-likeness (QED) is 0.483. The highest BCUT2D eigenvalue weighted by Crippen LogP contribution is 2.36. The van der Waals surface area contributed by atoms with Crippen molar-refractivity contribution in [2.45, 2.75) is 33.6 Å². The first-order chi connectivity index (χ1) is 16.1. The van der Waals surface area contributed by atoms with Crippen LogP contribution in [0.3, 0.4) is 0 Å². The summed E-state index contributed by atoms with van der Waals surface area (Å²) >= 11 is 1.49. The number of aryl methyl sites for hydroxylation is 1. The van der Waals surface area contributed by atoms with E-state index < -0.39 is 0 Å². The summed E-state index contributed by atoms with van der Waals surface area (Å²) in [5.74, 6) is 1.94. The molecule has 0 N–H and O–H groups in total. The number of rotatable bonds is 8. The molecule has 8 heteroatoms. The number of carbonyl (C=O) groups excluding carboxylic acids is 1. The van der Waals surface area contributed by atoms with Crippen LogP contribution in [0.2, 0.25) is 0 Å². The molecule has 2 aromatic heterocycles. The van der Waals surface area contributed by atoms with Crippen LogP contribution in [0.4, 0.5) is 11.5 Å². The fourth-order valence-electron chi connectivity index (χ4n) is 4.44. The number of aromatic nitrogens is 2. The Bertz CT molecular complexity index is 1110. The van der Waals surface area contributed by atoms with Gasteiger partial charge in [0.25, 0.3) is 5.91 Å². The van der Waals surface area contributed by atoms with Crippen molar-refractivity contribution in [1.82, 2.24) is 14.9 Å². The van der Waals surface area contributed by atoms with Gasteiger partial charge in [0.2, 0.25) is 0 Å². The molecule has 0 bridgehead atoms. The lowest BCUT2D eigenvalue weighted by Gasteiger charge is -2.37. The number of unbranched alkanes of at least 4 members (excludes halogenated alkanes) is 1. The molecule has 33 heavy (non-hydrogen) atoms. The van der Waals surface area contributed by atoms with Gasteiger partial charge in [0.1, 0.15) is 22.7 Å². The Balaban J connectivity index is 1.57. The Labute approximate surface area is 200 Å². The van der Waals surface area contributed by atoms with Crippen molar-refractivity contribution in [3.63, 3.8) is 0 Å². The number of hydrogen-bond donors (Lipinski definition) is 0. The molecule has 1 fully saturated rings. The van der Waals surface area contributed by atoms with Gasteiger partial charge in [-0.1, -0.05) is 25.5 Å². The van der Waals surface area contributed by atoms with E-state index in [-0.39, 0.29) is 5.91 Å². The second-order valence-electron chi connectivity index (χ2n) is 8.32. The fraction of sp³-hybridized carbons (Fsp3) is 0.480. The molecule has 3 heterocycles. The molecule has 1 aromatic carbocycles. The zero-order valence-corrected chi connectivity index (χ0v) is 20.8. The molecule has 0 aliphatic carbocycles. The standard InChI is InChI=1S/C25H33N5O2S/c1-5-7-12-28(6-2)25(31)22-18(3)21-23(26-17-27-24(21)33-22)30-15-13-29(14-16-30)19-10-8-9-11-20(19)32-4/h8-11,17H,5-7,12-16H2,1-4H3. The van der Waals surface area contributed by atoms with Gasteiger partial charge in [0.15, 0.2) is 0 Å². The molecule has 0 saturated carbocycles. The summed E-state index contributed by atoms with van der Waals surface area (Å²) in [6.45, 7) is 11.2. The minimum absolute atomic E-state index is 0.110. The summed E-state index contributed by atoms with van der Waals surface area (Å²) < 4.78 is 5.55. The highest BCUT2D eigenvalue weighted by molar-refractivity contribution is 7.20. The third-order valence-electron chi connectivity index (χ3n) is 6.36. The molecule has 1 aliphatic rings. The molecule has 0 spiro atoms. The summed E-state index contributed by atoms with van der Waals surface area (Å²) in [6.07, 6.45) is 3.72. The zero-order valence-electron chi connectivity index (χ0n) is 20.0. The summed E-state index contributed by atoms with van der Waals surface area (Å²) in [5.41, 5.74) is 2.12. The molecule has 7 nitrogen and oxygen atoms in total. The molecule has 1 aliphatic heterocycles. The normalized spacial score (nSPS) is 14.1. The summed E-state index contributed by atoms with van der Waals surface area (Å²) in [5, 5.41) is 1.02.